The predicted molar refractivity (Wildman–Crippen MR) is 104 cm³/mol. The van der Waals surface area contributed by atoms with Crippen molar-refractivity contribution in [1.29, 1.82) is 0 Å². The van der Waals surface area contributed by atoms with Crippen LogP contribution in [0.4, 0.5) is 0 Å². The quantitative estimate of drug-likeness (QED) is 0.406. The minimum Gasteiger partial charge on any atom is -0.481 e. The van der Waals surface area contributed by atoms with E-state index in [4.69, 9.17) is 5.11 Å². The van der Waals surface area contributed by atoms with Crippen molar-refractivity contribution in [3.05, 3.63) is 24.3 Å². The van der Waals surface area contributed by atoms with Crippen molar-refractivity contribution in [2.24, 2.45) is 5.92 Å². The molecule has 2 N–H and O–H groups in total. The van der Waals surface area contributed by atoms with E-state index >= 15 is 0 Å². The minimum absolute atomic E-state index is 0.0414. The molecule has 0 aromatic rings. The molecule has 0 radical (unpaired) electrons. The van der Waals surface area contributed by atoms with Crippen LogP contribution in [0.1, 0.15) is 71.6 Å². The normalized spacial score (nSPS) is 19.8. The summed E-state index contributed by atoms with van der Waals surface area (Å²) in [5.41, 5.74) is 0. The van der Waals surface area contributed by atoms with Crippen LogP contribution in [0, 0.1) is 5.92 Å². The maximum atomic E-state index is 12.2. The molecular weight excluding hydrogens is 330 g/mol. The third-order valence-corrected chi connectivity index (χ3v) is 4.68. The van der Waals surface area contributed by atoms with Gasteiger partial charge in [-0.3, -0.25) is 9.59 Å². The van der Waals surface area contributed by atoms with Crippen LogP contribution in [0.5, 0.6) is 0 Å². The first-order chi connectivity index (χ1) is 12.4. The number of nitrogens with zero attached hydrogens (tertiary/aromatic N) is 1. The van der Waals surface area contributed by atoms with E-state index in [0.29, 0.717) is 31.7 Å². The predicted octanol–water partition coefficient (Wildman–Crippen LogP) is 3.92. The van der Waals surface area contributed by atoms with E-state index in [9.17, 15) is 14.7 Å². The topological polar surface area (TPSA) is 77.8 Å². The lowest BCUT2D eigenvalue weighted by Crippen LogP contribution is -2.42. The largest absolute Gasteiger partial charge is 0.481 e. The molecule has 0 saturated carbocycles. The summed E-state index contributed by atoms with van der Waals surface area (Å²) in [6.07, 6.45) is 14.1. The Morgan fingerprint density at radius 2 is 2.04 bits per heavy atom. The van der Waals surface area contributed by atoms with Crippen molar-refractivity contribution >= 4 is 11.9 Å². The van der Waals surface area contributed by atoms with E-state index in [-0.39, 0.29) is 18.4 Å². The van der Waals surface area contributed by atoms with Crippen molar-refractivity contribution in [3.63, 3.8) is 0 Å². The number of allylic oxidation sites excluding steroid dienone is 1. The van der Waals surface area contributed by atoms with Crippen LogP contribution in [0.15, 0.2) is 24.3 Å². The van der Waals surface area contributed by atoms with Crippen molar-refractivity contribution in [1.82, 2.24) is 4.90 Å². The molecule has 0 aromatic heterocycles. The first-order valence-electron chi connectivity index (χ1n) is 9.92. The SMILES string of the molecule is CC(C)CCCC(O)C=C[C@H]1CCCC(=O)N1CC=CCCCC(=O)O. The Balaban J connectivity index is 2.45. The second-order valence-electron chi connectivity index (χ2n) is 7.54. The lowest BCUT2D eigenvalue weighted by Gasteiger charge is -2.33. The Bertz CT molecular complexity index is 484. The van der Waals surface area contributed by atoms with Gasteiger partial charge in [0.1, 0.15) is 0 Å². The van der Waals surface area contributed by atoms with Gasteiger partial charge in [0, 0.05) is 19.4 Å². The second-order valence-corrected chi connectivity index (χ2v) is 7.54. The third-order valence-electron chi connectivity index (χ3n) is 4.68. The third kappa shape index (κ3) is 9.76. The minimum atomic E-state index is -0.776. The standard InChI is InChI=1S/C21H35NO4/c1-17(2)9-7-11-19(23)15-14-18-10-8-12-20(24)22(18)16-6-4-3-5-13-21(25)26/h4,6,14-15,17-19,23H,3,5,7-13,16H2,1-2H3,(H,25,26)/t18-,19?/m1/s1. The molecule has 0 bridgehead atoms. The van der Waals surface area contributed by atoms with E-state index < -0.39 is 12.1 Å². The monoisotopic (exact) mass is 365 g/mol. The van der Waals surface area contributed by atoms with E-state index in [1.165, 1.54) is 0 Å². The maximum Gasteiger partial charge on any atom is 0.303 e. The molecule has 1 amide bonds. The number of carbonyl (C=O) groups excluding carboxylic acids is 1. The Kier molecular flexibility index (Phi) is 10.9. The van der Waals surface area contributed by atoms with Gasteiger partial charge in [-0.25, -0.2) is 0 Å². The lowest BCUT2D eigenvalue weighted by atomic mass is 9.99. The number of rotatable bonds is 12. The second kappa shape index (κ2) is 12.7. The Labute approximate surface area is 157 Å². The van der Waals surface area contributed by atoms with Gasteiger partial charge in [-0.05, 0) is 38.0 Å². The molecule has 5 heteroatoms. The fourth-order valence-electron chi connectivity index (χ4n) is 3.15. The number of piperidine rings is 1. The van der Waals surface area contributed by atoms with Gasteiger partial charge in [-0.15, -0.1) is 0 Å². The summed E-state index contributed by atoms with van der Waals surface area (Å²) in [5.74, 6) is 0.0251. The molecule has 1 rings (SSSR count). The highest BCUT2D eigenvalue weighted by atomic mass is 16.4. The van der Waals surface area contributed by atoms with Crippen molar-refractivity contribution < 1.29 is 19.8 Å². The van der Waals surface area contributed by atoms with E-state index in [2.05, 4.69) is 13.8 Å². The zero-order chi connectivity index (χ0) is 19.4. The molecule has 1 fully saturated rings. The Morgan fingerprint density at radius 3 is 2.73 bits per heavy atom. The molecule has 1 unspecified atom stereocenters. The summed E-state index contributed by atoms with van der Waals surface area (Å²) in [6, 6.07) is 0.0414. The maximum absolute atomic E-state index is 12.2. The average molecular weight is 366 g/mol. The average Bonchev–Trinajstić information content (AvgIpc) is 2.57. The number of hydrogen-bond acceptors (Lipinski definition) is 3. The number of aliphatic hydroxyl groups is 1. The molecule has 0 aromatic carbocycles. The van der Waals surface area contributed by atoms with Crippen LogP contribution < -0.4 is 0 Å². The lowest BCUT2D eigenvalue weighted by molar-refractivity contribution is -0.137. The molecular formula is C21H35NO4. The molecule has 148 valence electrons. The number of aliphatic carboxylic acids is 1. The summed E-state index contributed by atoms with van der Waals surface area (Å²) < 4.78 is 0. The molecule has 5 nitrogen and oxygen atoms in total. The van der Waals surface area contributed by atoms with Crippen LogP contribution >= 0.6 is 0 Å². The Morgan fingerprint density at radius 1 is 1.27 bits per heavy atom. The molecule has 26 heavy (non-hydrogen) atoms. The first kappa shape index (κ1) is 22.4. The molecule has 0 aliphatic carbocycles. The molecule has 1 saturated heterocycles. The van der Waals surface area contributed by atoms with Crippen LogP contribution in [0.3, 0.4) is 0 Å². The number of aliphatic hydroxyl groups excluding tert-OH is 1. The van der Waals surface area contributed by atoms with Crippen molar-refractivity contribution in [2.75, 3.05) is 6.54 Å². The highest BCUT2D eigenvalue weighted by Crippen LogP contribution is 2.20. The van der Waals surface area contributed by atoms with Crippen molar-refractivity contribution in [2.45, 2.75) is 83.8 Å². The Hall–Kier alpha value is -1.62. The summed E-state index contributed by atoms with van der Waals surface area (Å²) in [4.78, 5) is 24.6. The summed E-state index contributed by atoms with van der Waals surface area (Å²) >= 11 is 0. The number of hydrogen-bond donors (Lipinski definition) is 2. The summed E-state index contributed by atoms with van der Waals surface area (Å²) in [7, 11) is 0. The van der Waals surface area contributed by atoms with Gasteiger partial charge >= 0.3 is 5.97 Å². The number of carboxylic acids is 1. The van der Waals surface area contributed by atoms with E-state index in [1.54, 1.807) is 0 Å². The first-order valence-corrected chi connectivity index (χ1v) is 9.92. The van der Waals surface area contributed by atoms with Crippen molar-refractivity contribution in [3.8, 4) is 0 Å². The molecule has 1 aliphatic rings. The number of carbonyl (C=O) groups is 2. The van der Waals surface area contributed by atoms with Crippen LogP contribution in [0.25, 0.3) is 0 Å². The smallest absolute Gasteiger partial charge is 0.303 e. The van der Waals surface area contributed by atoms with E-state index in [1.807, 2.05) is 29.2 Å². The molecule has 1 heterocycles. The number of carboxylic acid groups (broad SMARTS) is 1. The van der Waals surface area contributed by atoms with Gasteiger partial charge in [0.25, 0.3) is 0 Å². The van der Waals surface area contributed by atoms with Gasteiger partial charge in [-0.1, -0.05) is 51.0 Å². The summed E-state index contributed by atoms with van der Waals surface area (Å²) in [6.45, 7) is 4.91. The fourth-order valence-corrected chi connectivity index (χ4v) is 3.15. The van der Waals surface area contributed by atoms with Gasteiger partial charge in [0.2, 0.25) is 5.91 Å². The fraction of sp³-hybridized carbons (Fsp3) is 0.714. The molecule has 2 atom stereocenters. The van der Waals surface area contributed by atoms with Crippen LogP contribution in [-0.2, 0) is 9.59 Å². The summed E-state index contributed by atoms with van der Waals surface area (Å²) in [5, 5.41) is 18.7. The zero-order valence-corrected chi connectivity index (χ0v) is 16.3. The van der Waals surface area contributed by atoms with Gasteiger partial charge in [0.05, 0.1) is 12.1 Å². The highest BCUT2D eigenvalue weighted by molar-refractivity contribution is 5.77. The van der Waals surface area contributed by atoms with Crippen LogP contribution in [-0.4, -0.2) is 45.7 Å². The number of likely N-dealkylation sites (tertiary alicyclic amines) is 1. The zero-order valence-electron chi connectivity index (χ0n) is 16.3. The van der Waals surface area contributed by atoms with Gasteiger partial charge < -0.3 is 15.1 Å². The highest BCUT2D eigenvalue weighted by Gasteiger charge is 2.25. The van der Waals surface area contributed by atoms with Gasteiger partial charge in [0.15, 0.2) is 0 Å². The van der Waals surface area contributed by atoms with Gasteiger partial charge in [-0.2, -0.15) is 0 Å². The molecule has 1 aliphatic heterocycles. The van der Waals surface area contributed by atoms with Crippen LogP contribution in [0.2, 0.25) is 0 Å². The van der Waals surface area contributed by atoms with E-state index in [0.717, 1.165) is 32.1 Å². The number of unbranched alkanes of at least 4 members (excludes halogenated alkanes) is 1. The number of amides is 1. The molecule has 0 spiro atoms.